The molecule has 0 bridgehead atoms. The first kappa shape index (κ1) is 20.2. The van der Waals surface area contributed by atoms with Crippen LogP contribution in [0.3, 0.4) is 0 Å². The highest BCUT2D eigenvalue weighted by Gasteiger charge is 2.30. The number of Topliss-reactive ketones (excluding diaryl/α,β-unsaturated/α-hetero) is 1. The molecule has 10 heteroatoms. The zero-order chi connectivity index (χ0) is 22.9. The van der Waals surface area contributed by atoms with Crippen molar-refractivity contribution in [3.8, 4) is 28.5 Å². The van der Waals surface area contributed by atoms with Crippen LogP contribution in [-0.2, 0) is 17.8 Å². The van der Waals surface area contributed by atoms with Gasteiger partial charge in [0.25, 0.3) is 0 Å². The van der Waals surface area contributed by atoms with Crippen molar-refractivity contribution < 1.29 is 9.53 Å². The molecule has 1 fully saturated rings. The van der Waals surface area contributed by atoms with E-state index in [0.717, 1.165) is 41.1 Å². The number of hydrogen-bond donors (Lipinski definition) is 1. The Labute approximate surface area is 194 Å². The molecule has 1 aliphatic rings. The highest BCUT2D eigenvalue weighted by molar-refractivity contribution is 5.84. The Balaban J connectivity index is 1.15. The van der Waals surface area contributed by atoms with E-state index in [4.69, 9.17) is 4.74 Å². The summed E-state index contributed by atoms with van der Waals surface area (Å²) in [5.41, 5.74) is 4.19. The van der Waals surface area contributed by atoms with E-state index in [1.807, 2.05) is 54.6 Å². The van der Waals surface area contributed by atoms with E-state index in [2.05, 4.69) is 35.7 Å². The van der Waals surface area contributed by atoms with Crippen molar-refractivity contribution in [2.75, 3.05) is 0 Å². The molecule has 34 heavy (non-hydrogen) atoms. The van der Waals surface area contributed by atoms with Gasteiger partial charge >= 0.3 is 0 Å². The van der Waals surface area contributed by atoms with Gasteiger partial charge in [-0.2, -0.15) is 10.3 Å². The Morgan fingerprint density at radius 3 is 2.71 bits per heavy atom. The number of aromatic nitrogens is 8. The summed E-state index contributed by atoms with van der Waals surface area (Å²) < 4.78 is 7.71. The SMILES string of the molecule is O=C(Cc1nc2cccc(-c3ccc(OCc4ccc(-c5nn[nH]n5)nc4)cc3)n2n1)C1CC1. The number of nitrogens with zero attached hydrogens (tertiary/aromatic N) is 7. The highest BCUT2D eigenvalue weighted by atomic mass is 16.5. The van der Waals surface area contributed by atoms with Gasteiger partial charge in [0, 0.05) is 23.2 Å². The van der Waals surface area contributed by atoms with Gasteiger partial charge in [0.1, 0.15) is 23.8 Å². The summed E-state index contributed by atoms with van der Waals surface area (Å²) in [6.07, 6.45) is 4.02. The first-order valence-electron chi connectivity index (χ1n) is 11.0. The third-order valence-electron chi connectivity index (χ3n) is 5.72. The van der Waals surface area contributed by atoms with E-state index in [-0.39, 0.29) is 11.7 Å². The number of nitrogens with one attached hydrogen (secondary N) is 1. The van der Waals surface area contributed by atoms with Gasteiger partial charge in [0.05, 0.1) is 12.1 Å². The molecule has 10 nitrogen and oxygen atoms in total. The number of benzene rings is 1. The predicted octanol–water partition coefficient (Wildman–Crippen LogP) is 3.07. The van der Waals surface area contributed by atoms with Crippen LogP contribution in [0, 0.1) is 5.92 Å². The number of H-pyrrole nitrogens is 1. The topological polar surface area (TPSA) is 124 Å². The predicted molar refractivity (Wildman–Crippen MR) is 122 cm³/mol. The molecule has 168 valence electrons. The minimum absolute atomic E-state index is 0.206. The van der Waals surface area contributed by atoms with E-state index in [9.17, 15) is 4.79 Å². The van der Waals surface area contributed by atoms with Crippen molar-refractivity contribution in [1.29, 1.82) is 0 Å². The number of ether oxygens (including phenoxy) is 1. The molecular formula is C24H20N8O2. The molecule has 1 N–H and O–H groups in total. The molecule has 0 radical (unpaired) electrons. The molecule has 0 aliphatic heterocycles. The van der Waals surface area contributed by atoms with E-state index in [1.54, 1.807) is 10.7 Å². The van der Waals surface area contributed by atoms with Crippen LogP contribution in [0.15, 0.2) is 60.8 Å². The molecule has 6 rings (SSSR count). The molecule has 1 aliphatic carbocycles. The second-order valence-corrected chi connectivity index (χ2v) is 8.23. The lowest BCUT2D eigenvalue weighted by Crippen LogP contribution is -2.06. The van der Waals surface area contributed by atoms with Crippen LogP contribution in [-0.4, -0.2) is 46.0 Å². The molecule has 0 spiro atoms. The molecule has 4 heterocycles. The summed E-state index contributed by atoms with van der Waals surface area (Å²) in [5, 5.41) is 18.4. The summed E-state index contributed by atoms with van der Waals surface area (Å²) in [6.45, 7) is 0.385. The van der Waals surface area contributed by atoms with E-state index in [1.165, 1.54) is 0 Å². The minimum atomic E-state index is 0.206. The second kappa shape index (κ2) is 8.47. The normalized spacial score (nSPS) is 13.3. The lowest BCUT2D eigenvalue weighted by molar-refractivity contribution is -0.119. The summed E-state index contributed by atoms with van der Waals surface area (Å²) in [4.78, 5) is 21.0. The van der Waals surface area contributed by atoms with Crippen molar-refractivity contribution in [3.63, 3.8) is 0 Å². The maximum atomic E-state index is 12.2. The third kappa shape index (κ3) is 4.13. The molecule has 1 saturated carbocycles. The average molecular weight is 452 g/mol. The van der Waals surface area contributed by atoms with Crippen LogP contribution < -0.4 is 4.74 Å². The van der Waals surface area contributed by atoms with Gasteiger partial charge in [0.15, 0.2) is 11.5 Å². The first-order chi connectivity index (χ1) is 16.7. The lowest BCUT2D eigenvalue weighted by atomic mass is 10.1. The van der Waals surface area contributed by atoms with E-state index in [0.29, 0.717) is 30.4 Å². The van der Waals surface area contributed by atoms with Gasteiger partial charge < -0.3 is 4.74 Å². The Morgan fingerprint density at radius 1 is 1.09 bits per heavy atom. The maximum absolute atomic E-state index is 12.2. The zero-order valence-corrected chi connectivity index (χ0v) is 18.1. The number of carbonyl (C=O) groups excluding carboxylic acids is 1. The van der Waals surface area contributed by atoms with Crippen molar-refractivity contribution in [3.05, 3.63) is 72.2 Å². The summed E-state index contributed by atoms with van der Waals surface area (Å²) in [6, 6.07) is 17.4. The van der Waals surface area contributed by atoms with Crippen molar-refractivity contribution in [2.24, 2.45) is 5.92 Å². The number of ketones is 1. The fraction of sp³-hybridized carbons (Fsp3) is 0.208. The Kier molecular flexibility index (Phi) is 5.02. The number of hydrogen-bond acceptors (Lipinski definition) is 8. The van der Waals surface area contributed by atoms with Crippen molar-refractivity contribution in [2.45, 2.75) is 25.9 Å². The first-order valence-corrected chi connectivity index (χ1v) is 11.0. The number of aromatic amines is 1. The van der Waals surface area contributed by atoms with E-state index < -0.39 is 0 Å². The van der Waals surface area contributed by atoms with Crippen LogP contribution in [0.5, 0.6) is 5.75 Å². The fourth-order valence-electron chi connectivity index (χ4n) is 3.75. The van der Waals surface area contributed by atoms with Gasteiger partial charge in [-0.25, -0.2) is 9.50 Å². The average Bonchev–Trinajstić information content (AvgIpc) is 3.42. The molecule has 0 amide bonds. The van der Waals surface area contributed by atoms with Gasteiger partial charge in [-0.1, -0.05) is 12.1 Å². The summed E-state index contributed by atoms with van der Waals surface area (Å²) >= 11 is 0. The molecule has 5 aromatic rings. The number of carbonyl (C=O) groups is 1. The van der Waals surface area contributed by atoms with Crippen LogP contribution >= 0.6 is 0 Å². The standard InChI is InChI=1S/C24H20N8O2/c33-21(17-5-6-17)12-22-26-23-3-1-2-20(32(23)29-22)16-7-9-18(10-8-16)34-14-15-4-11-19(25-13-15)24-27-30-31-28-24/h1-4,7-11,13,17H,5-6,12,14H2,(H,27,28,30,31). The molecular weight excluding hydrogens is 432 g/mol. The molecule has 0 saturated heterocycles. The monoisotopic (exact) mass is 452 g/mol. The van der Waals surface area contributed by atoms with E-state index >= 15 is 0 Å². The van der Waals surface area contributed by atoms with Crippen LogP contribution in [0.2, 0.25) is 0 Å². The number of fused-ring (bicyclic) bond motifs is 1. The Hall–Kier alpha value is -4.47. The molecule has 0 atom stereocenters. The maximum Gasteiger partial charge on any atom is 0.222 e. The molecule has 0 unspecified atom stereocenters. The van der Waals surface area contributed by atoms with Gasteiger partial charge in [-0.15, -0.1) is 10.2 Å². The van der Waals surface area contributed by atoms with Gasteiger partial charge in [-0.05, 0) is 60.5 Å². The third-order valence-corrected chi connectivity index (χ3v) is 5.72. The van der Waals surface area contributed by atoms with Crippen LogP contribution in [0.25, 0.3) is 28.4 Å². The van der Waals surface area contributed by atoms with Gasteiger partial charge in [-0.3, -0.25) is 9.78 Å². The smallest absolute Gasteiger partial charge is 0.222 e. The van der Waals surface area contributed by atoms with Gasteiger partial charge in [0.2, 0.25) is 5.82 Å². The number of tetrazole rings is 1. The lowest BCUT2D eigenvalue weighted by Gasteiger charge is -2.08. The van der Waals surface area contributed by atoms with Crippen molar-refractivity contribution in [1.82, 2.24) is 40.2 Å². The minimum Gasteiger partial charge on any atom is -0.489 e. The molecule has 1 aromatic carbocycles. The quantitative estimate of drug-likeness (QED) is 0.381. The van der Waals surface area contributed by atoms with Crippen molar-refractivity contribution >= 4 is 11.4 Å². The number of pyridine rings is 2. The zero-order valence-electron chi connectivity index (χ0n) is 18.1. The summed E-state index contributed by atoms with van der Waals surface area (Å²) in [7, 11) is 0. The van der Waals surface area contributed by atoms with Crippen LogP contribution in [0.4, 0.5) is 0 Å². The second-order valence-electron chi connectivity index (χ2n) is 8.23. The Bertz CT molecular complexity index is 1440. The Morgan fingerprint density at radius 2 is 1.97 bits per heavy atom. The number of rotatable bonds is 8. The highest BCUT2D eigenvalue weighted by Crippen LogP contribution is 2.31. The van der Waals surface area contributed by atoms with Crippen LogP contribution in [0.1, 0.15) is 24.2 Å². The summed E-state index contributed by atoms with van der Waals surface area (Å²) in [5.74, 6) is 2.21. The fourth-order valence-corrected chi connectivity index (χ4v) is 3.75. The largest absolute Gasteiger partial charge is 0.489 e. The molecule has 4 aromatic heterocycles.